The van der Waals surface area contributed by atoms with Crippen LogP contribution >= 0.6 is 11.6 Å². The molecule has 6 heteroatoms. The van der Waals surface area contributed by atoms with Crippen LogP contribution in [0.25, 0.3) is 22.4 Å². The van der Waals surface area contributed by atoms with Crippen LogP contribution in [0.2, 0.25) is 5.02 Å². The largest absolute Gasteiger partial charge is 0.397 e. The minimum Gasteiger partial charge on any atom is -0.397 e. The summed E-state index contributed by atoms with van der Waals surface area (Å²) in [7, 11) is 1.82. The Morgan fingerprint density at radius 3 is 2.77 bits per heavy atom. The van der Waals surface area contributed by atoms with Crippen molar-refractivity contribution in [1.29, 1.82) is 5.26 Å². The number of nitrogen functional groups attached to an aromatic ring is 1. The van der Waals surface area contributed by atoms with Gasteiger partial charge in [0.05, 0.1) is 28.2 Å². The second-order valence-electron chi connectivity index (χ2n) is 4.83. The molecule has 3 rings (SSSR count). The summed E-state index contributed by atoms with van der Waals surface area (Å²) in [4.78, 5) is 4.29. The molecule has 108 valence electrons. The molecule has 0 saturated heterocycles. The van der Waals surface area contributed by atoms with Gasteiger partial charge in [0.25, 0.3) is 0 Å². The summed E-state index contributed by atoms with van der Waals surface area (Å²) in [6.07, 6.45) is 5.21. The molecule has 0 atom stereocenters. The normalized spacial score (nSPS) is 10.4. The van der Waals surface area contributed by atoms with Crippen molar-refractivity contribution in [3.63, 3.8) is 0 Å². The predicted octanol–water partition coefficient (Wildman–Crippen LogP) is 3.26. The lowest BCUT2D eigenvalue weighted by atomic mass is 9.98. The SMILES string of the molecule is Cn1cc(-c2cc(-c3ncccc3Cl)cc(C#N)c2N)cn1. The number of nitrogens with two attached hydrogens (primary N) is 1. The molecule has 1 aromatic carbocycles. The number of benzene rings is 1. The molecule has 0 radical (unpaired) electrons. The first-order valence-electron chi connectivity index (χ1n) is 6.53. The highest BCUT2D eigenvalue weighted by molar-refractivity contribution is 6.33. The minimum absolute atomic E-state index is 0.387. The number of anilines is 1. The van der Waals surface area contributed by atoms with Gasteiger partial charge in [0.2, 0.25) is 0 Å². The first kappa shape index (κ1) is 14.1. The van der Waals surface area contributed by atoms with Gasteiger partial charge in [0.1, 0.15) is 6.07 Å². The monoisotopic (exact) mass is 309 g/mol. The smallest absolute Gasteiger partial charge is 0.101 e. The summed E-state index contributed by atoms with van der Waals surface area (Å²) in [5.74, 6) is 0. The second-order valence-corrected chi connectivity index (χ2v) is 5.24. The molecular weight excluding hydrogens is 298 g/mol. The lowest BCUT2D eigenvalue weighted by Crippen LogP contribution is -1.96. The molecule has 0 fully saturated rings. The van der Waals surface area contributed by atoms with Gasteiger partial charge in [-0.2, -0.15) is 10.4 Å². The van der Waals surface area contributed by atoms with E-state index in [1.165, 1.54) is 0 Å². The molecule has 0 aliphatic rings. The van der Waals surface area contributed by atoms with Gasteiger partial charge in [0, 0.05) is 36.1 Å². The zero-order valence-corrected chi connectivity index (χ0v) is 12.5. The molecule has 0 spiro atoms. The number of halogens is 1. The maximum atomic E-state index is 9.33. The first-order valence-corrected chi connectivity index (χ1v) is 6.91. The maximum absolute atomic E-state index is 9.33. The number of pyridine rings is 1. The third-order valence-corrected chi connectivity index (χ3v) is 3.65. The summed E-state index contributed by atoms with van der Waals surface area (Å²) in [5, 5.41) is 14.0. The highest BCUT2D eigenvalue weighted by Crippen LogP contribution is 2.35. The quantitative estimate of drug-likeness (QED) is 0.737. The Balaban J connectivity index is 2.26. The molecule has 0 saturated carbocycles. The molecule has 0 unspecified atom stereocenters. The number of aromatic nitrogens is 3. The van der Waals surface area contributed by atoms with E-state index in [0.717, 1.165) is 16.7 Å². The average molecular weight is 310 g/mol. The molecular formula is C16H12ClN5. The number of nitrogens with zero attached hydrogens (tertiary/aromatic N) is 4. The number of hydrogen-bond acceptors (Lipinski definition) is 4. The Morgan fingerprint density at radius 1 is 1.32 bits per heavy atom. The van der Waals surface area contributed by atoms with Crippen molar-refractivity contribution in [3.05, 3.63) is 53.4 Å². The standard InChI is InChI=1S/C16H12ClN5/c1-22-9-12(8-21-22)13-6-10(5-11(7-18)15(13)19)16-14(17)3-2-4-20-16/h2-6,8-9H,19H2,1H3. The van der Waals surface area contributed by atoms with Crippen molar-refractivity contribution in [1.82, 2.24) is 14.8 Å². The zero-order chi connectivity index (χ0) is 15.7. The van der Waals surface area contributed by atoms with Gasteiger partial charge < -0.3 is 5.73 Å². The lowest BCUT2D eigenvalue weighted by molar-refractivity contribution is 0.768. The summed E-state index contributed by atoms with van der Waals surface area (Å²) in [6, 6.07) is 9.21. The maximum Gasteiger partial charge on any atom is 0.101 e. The Hall–Kier alpha value is -2.84. The van der Waals surface area contributed by atoms with Crippen molar-refractivity contribution in [2.24, 2.45) is 7.05 Å². The number of aryl methyl sites for hydroxylation is 1. The summed E-state index contributed by atoms with van der Waals surface area (Å²) in [6.45, 7) is 0. The van der Waals surface area contributed by atoms with Gasteiger partial charge in [-0.15, -0.1) is 0 Å². The van der Waals surface area contributed by atoms with Gasteiger partial charge in [-0.05, 0) is 24.3 Å². The van der Waals surface area contributed by atoms with E-state index in [1.807, 2.05) is 19.3 Å². The van der Waals surface area contributed by atoms with Crippen molar-refractivity contribution in [2.45, 2.75) is 0 Å². The summed E-state index contributed by atoms with van der Waals surface area (Å²) < 4.78 is 1.68. The van der Waals surface area contributed by atoms with Gasteiger partial charge in [-0.1, -0.05) is 11.6 Å². The molecule has 0 amide bonds. The molecule has 2 N–H and O–H groups in total. The van der Waals surface area contributed by atoms with Crippen molar-refractivity contribution in [2.75, 3.05) is 5.73 Å². The molecule has 5 nitrogen and oxygen atoms in total. The fraction of sp³-hybridized carbons (Fsp3) is 0.0625. The van der Waals surface area contributed by atoms with Crippen LogP contribution in [-0.2, 0) is 7.05 Å². The second kappa shape index (κ2) is 5.51. The molecule has 0 aliphatic carbocycles. The number of hydrogen-bond donors (Lipinski definition) is 1. The van der Waals surface area contributed by atoms with Gasteiger partial charge in [-0.3, -0.25) is 9.67 Å². The van der Waals surface area contributed by atoms with Crippen LogP contribution < -0.4 is 5.73 Å². The Kier molecular flexibility index (Phi) is 3.53. The van der Waals surface area contributed by atoms with E-state index < -0.39 is 0 Å². The van der Waals surface area contributed by atoms with E-state index in [9.17, 15) is 5.26 Å². The van der Waals surface area contributed by atoms with Crippen LogP contribution in [0.5, 0.6) is 0 Å². The highest BCUT2D eigenvalue weighted by atomic mass is 35.5. The van der Waals surface area contributed by atoms with Gasteiger partial charge >= 0.3 is 0 Å². The fourth-order valence-corrected chi connectivity index (χ4v) is 2.51. The van der Waals surface area contributed by atoms with Crippen LogP contribution in [0.4, 0.5) is 5.69 Å². The van der Waals surface area contributed by atoms with E-state index >= 15 is 0 Å². The molecule has 0 aliphatic heterocycles. The molecule has 2 heterocycles. The molecule has 22 heavy (non-hydrogen) atoms. The van der Waals surface area contributed by atoms with Crippen molar-refractivity contribution in [3.8, 4) is 28.5 Å². The zero-order valence-electron chi connectivity index (χ0n) is 11.8. The van der Waals surface area contributed by atoms with Crippen molar-refractivity contribution < 1.29 is 0 Å². The molecule has 0 bridgehead atoms. The van der Waals surface area contributed by atoms with Crippen LogP contribution in [0.15, 0.2) is 42.9 Å². The molecule has 2 aromatic heterocycles. The predicted molar refractivity (Wildman–Crippen MR) is 86.0 cm³/mol. The van der Waals surface area contributed by atoms with Crippen LogP contribution in [-0.4, -0.2) is 14.8 Å². The van der Waals surface area contributed by atoms with E-state index in [1.54, 1.807) is 35.3 Å². The number of rotatable bonds is 2. The van der Waals surface area contributed by atoms with Crippen LogP contribution in [0, 0.1) is 11.3 Å². The van der Waals surface area contributed by atoms with Crippen LogP contribution in [0.1, 0.15) is 5.56 Å². The Labute approximate surface area is 132 Å². The van der Waals surface area contributed by atoms with E-state index in [-0.39, 0.29) is 0 Å². The lowest BCUT2D eigenvalue weighted by Gasteiger charge is -2.10. The summed E-state index contributed by atoms with van der Waals surface area (Å²) >= 11 is 6.20. The van der Waals surface area contributed by atoms with Gasteiger partial charge in [-0.25, -0.2) is 0 Å². The Morgan fingerprint density at radius 2 is 2.14 bits per heavy atom. The topological polar surface area (TPSA) is 80.5 Å². The van der Waals surface area contributed by atoms with E-state index in [0.29, 0.717) is 22.0 Å². The summed E-state index contributed by atoms with van der Waals surface area (Å²) in [5.41, 5.74) is 9.86. The number of nitriles is 1. The van der Waals surface area contributed by atoms with Crippen LogP contribution in [0.3, 0.4) is 0 Å². The van der Waals surface area contributed by atoms with E-state index in [4.69, 9.17) is 17.3 Å². The van der Waals surface area contributed by atoms with Crippen molar-refractivity contribution >= 4 is 17.3 Å². The third kappa shape index (κ3) is 2.41. The van der Waals surface area contributed by atoms with E-state index in [2.05, 4.69) is 16.2 Å². The molecule has 3 aromatic rings. The highest BCUT2D eigenvalue weighted by Gasteiger charge is 2.14. The Bertz CT molecular complexity index is 892. The third-order valence-electron chi connectivity index (χ3n) is 3.35. The fourth-order valence-electron chi connectivity index (χ4n) is 2.28. The minimum atomic E-state index is 0.387. The average Bonchev–Trinajstić information content (AvgIpc) is 2.94. The first-order chi connectivity index (χ1) is 10.6. The van der Waals surface area contributed by atoms with Gasteiger partial charge in [0.15, 0.2) is 0 Å².